The Morgan fingerprint density at radius 1 is 1.44 bits per heavy atom. The van der Waals surface area contributed by atoms with E-state index in [1.807, 2.05) is 20.8 Å². The van der Waals surface area contributed by atoms with Gasteiger partial charge in [0, 0.05) is 26.2 Å². The van der Waals surface area contributed by atoms with Crippen molar-refractivity contribution in [2.45, 2.75) is 32.9 Å². The number of nitrogens with one attached hydrogen (secondary N) is 1. The van der Waals surface area contributed by atoms with Gasteiger partial charge in [-0.3, -0.25) is 4.79 Å². The Morgan fingerprint density at radius 2 is 2.11 bits per heavy atom. The molecule has 2 atom stereocenters. The molecule has 102 valence electrons. The molecule has 2 saturated heterocycles. The molecule has 2 heterocycles. The van der Waals surface area contributed by atoms with E-state index < -0.39 is 6.04 Å². The number of piperazine rings is 1. The van der Waals surface area contributed by atoms with Crippen LogP contribution in [0.1, 0.15) is 20.8 Å². The lowest BCUT2D eigenvalue weighted by Crippen LogP contribution is -2.58. The highest BCUT2D eigenvalue weighted by molar-refractivity contribution is 5.83. The van der Waals surface area contributed by atoms with Crippen LogP contribution < -0.4 is 11.1 Å². The van der Waals surface area contributed by atoms with E-state index in [-0.39, 0.29) is 23.4 Å². The zero-order valence-electron chi connectivity index (χ0n) is 11.3. The molecule has 0 aromatic heterocycles. The SMILES string of the molecule is CC(C)(C)[C@H](N)C(=O)N1CCN2C(=O)NCC2C1. The van der Waals surface area contributed by atoms with Crippen molar-refractivity contribution in [3.63, 3.8) is 0 Å². The zero-order valence-corrected chi connectivity index (χ0v) is 11.3. The summed E-state index contributed by atoms with van der Waals surface area (Å²) in [6, 6.07) is -0.413. The second kappa shape index (κ2) is 4.42. The number of hydrogen-bond donors (Lipinski definition) is 2. The van der Waals surface area contributed by atoms with Crippen LogP contribution in [0.2, 0.25) is 0 Å². The first-order valence-electron chi connectivity index (χ1n) is 6.39. The van der Waals surface area contributed by atoms with E-state index in [2.05, 4.69) is 5.32 Å². The Bertz CT molecular complexity index is 364. The third kappa shape index (κ3) is 2.29. The lowest BCUT2D eigenvalue weighted by molar-refractivity contribution is -0.137. The number of urea groups is 1. The van der Waals surface area contributed by atoms with Gasteiger partial charge in [0.1, 0.15) is 0 Å². The average Bonchev–Trinajstić information content (AvgIpc) is 2.67. The van der Waals surface area contributed by atoms with Gasteiger partial charge in [-0.05, 0) is 5.41 Å². The number of hydrogen-bond acceptors (Lipinski definition) is 3. The minimum Gasteiger partial charge on any atom is -0.337 e. The molecule has 2 fully saturated rings. The third-order valence-electron chi connectivity index (χ3n) is 3.74. The highest BCUT2D eigenvalue weighted by Crippen LogP contribution is 2.21. The molecule has 0 spiro atoms. The summed E-state index contributed by atoms with van der Waals surface area (Å²) in [4.78, 5) is 27.3. The first-order valence-corrected chi connectivity index (χ1v) is 6.39. The van der Waals surface area contributed by atoms with Crippen LogP contribution in [0, 0.1) is 5.41 Å². The predicted octanol–water partition coefficient (Wildman–Crippen LogP) is -0.404. The molecule has 2 aliphatic heterocycles. The number of amides is 3. The number of carbonyl (C=O) groups is 2. The van der Waals surface area contributed by atoms with E-state index in [4.69, 9.17) is 5.73 Å². The van der Waals surface area contributed by atoms with Crippen LogP contribution in [0.15, 0.2) is 0 Å². The van der Waals surface area contributed by atoms with Crippen molar-refractivity contribution in [2.24, 2.45) is 11.1 Å². The van der Waals surface area contributed by atoms with E-state index in [1.165, 1.54) is 0 Å². The molecule has 1 unspecified atom stereocenters. The molecular weight excluding hydrogens is 232 g/mol. The fourth-order valence-electron chi connectivity index (χ4n) is 2.37. The van der Waals surface area contributed by atoms with Gasteiger partial charge in [-0.15, -0.1) is 0 Å². The smallest absolute Gasteiger partial charge is 0.317 e. The second-order valence-corrected chi connectivity index (χ2v) is 6.16. The van der Waals surface area contributed by atoms with Gasteiger partial charge in [-0.2, -0.15) is 0 Å². The summed E-state index contributed by atoms with van der Waals surface area (Å²) >= 11 is 0. The third-order valence-corrected chi connectivity index (χ3v) is 3.74. The number of nitrogens with zero attached hydrogens (tertiary/aromatic N) is 2. The fourth-order valence-corrected chi connectivity index (χ4v) is 2.37. The maximum absolute atomic E-state index is 12.3. The summed E-state index contributed by atoms with van der Waals surface area (Å²) in [5, 5.41) is 2.80. The molecule has 2 aliphatic rings. The van der Waals surface area contributed by atoms with Crippen LogP contribution in [-0.2, 0) is 4.79 Å². The molecule has 0 aliphatic carbocycles. The molecule has 0 saturated carbocycles. The Kier molecular flexibility index (Phi) is 3.23. The summed E-state index contributed by atoms with van der Waals surface area (Å²) in [6.45, 7) is 8.27. The standard InChI is InChI=1S/C12H22N4O2/c1-12(2,3)9(13)10(17)15-4-5-16-8(7-15)6-14-11(16)18/h8-9H,4-7,13H2,1-3H3,(H,14,18)/t8?,9-/m1/s1. The number of rotatable bonds is 1. The monoisotopic (exact) mass is 254 g/mol. The quantitative estimate of drug-likeness (QED) is 0.668. The lowest BCUT2D eigenvalue weighted by Gasteiger charge is -2.39. The fraction of sp³-hybridized carbons (Fsp3) is 0.833. The van der Waals surface area contributed by atoms with E-state index in [9.17, 15) is 9.59 Å². The Hall–Kier alpha value is -1.30. The molecule has 0 bridgehead atoms. The topological polar surface area (TPSA) is 78.7 Å². The van der Waals surface area contributed by atoms with E-state index >= 15 is 0 Å². The largest absolute Gasteiger partial charge is 0.337 e. The van der Waals surface area contributed by atoms with Crippen molar-refractivity contribution < 1.29 is 9.59 Å². The van der Waals surface area contributed by atoms with Gasteiger partial charge >= 0.3 is 6.03 Å². The highest BCUT2D eigenvalue weighted by atomic mass is 16.2. The van der Waals surface area contributed by atoms with Gasteiger partial charge in [-0.25, -0.2) is 4.79 Å². The van der Waals surface area contributed by atoms with Crippen LogP contribution in [-0.4, -0.2) is 60.0 Å². The molecule has 0 radical (unpaired) electrons. The van der Waals surface area contributed by atoms with Crippen LogP contribution >= 0.6 is 0 Å². The summed E-state index contributed by atoms with van der Waals surface area (Å²) in [7, 11) is 0. The molecule has 6 heteroatoms. The molecule has 3 N–H and O–H groups in total. The first kappa shape index (κ1) is 13.1. The van der Waals surface area contributed by atoms with Gasteiger partial charge in [0.25, 0.3) is 0 Å². The van der Waals surface area contributed by atoms with Gasteiger partial charge in [-0.1, -0.05) is 20.8 Å². The highest BCUT2D eigenvalue weighted by Gasteiger charge is 2.39. The van der Waals surface area contributed by atoms with Crippen molar-refractivity contribution in [2.75, 3.05) is 26.2 Å². The van der Waals surface area contributed by atoms with Crippen LogP contribution in [0.25, 0.3) is 0 Å². The first-order chi connectivity index (χ1) is 8.30. The maximum atomic E-state index is 12.3. The Balaban J connectivity index is 2.00. The van der Waals surface area contributed by atoms with Crippen molar-refractivity contribution in [1.82, 2.24) is 15.1 Å². The van der Waals surface area contributed by atoms with Crippen molar-refractivity contribution >= 4 is 11.9 Å². The summed E-state index contributed by atoms with van der Waals surface area (Å²) in [5.41, 5.74) is 5.76. The minimum atomic E-state index is -0.492. The summed E-state index contributed by atoms with van der Waals surface area (Å²) in [6.07, 6.45) is 0. The molecule has 6 nitrogen and oxygen atoms in total. The van der Waals surface area contributed by atoms with Gasteiger partial charge in [0.2, 0.25) is 5.91 Å². The van der Waals surface area contributed by atoms with Crippen molar-refractivity contribution in [1.29, 1.82) is 0 Å². The number of fused-ring (bicyclic) bond motifs is 1. The predicted molar refractivity (Wildman–Crippen MR) is 67.9 cm³/mol. The molecule has 3 amide bonds. The van der Waals surface area contributed by atoms with Crippen LogP contribution in [0.3, 0.4) is 0 Å². The normalized spacial score (nSPS) is 25.8. The molecule has 2 rings (SSSR count). The average molecular weight is 254 g/mol. The van der Waals surface area contributed by atoms with E-state index in [0.29, 0.717) is 26.2 Å². The number of carbonyl (C=O) groups excluding carboxylic acids is 2. The summed E-state index contributed by atoms with van der Waals surface area (Å²) in [5.74, 6) is -0.0125. The second-order valence-electron chi connectivity index (χ2n) is 6.16. The van der Waals surface area contributed by atoms with Crippen molar-refractivity contribution in [3.8, 4) is 0 Å². The van der Waals surface area contributed by atoms with E-state index in [0.717, 1.165) is 0 Å². The minimum absolute atomic E-state index is 0.0125. The Morgan fingerprint density at radius 3 is 2.72 bits per heavy atom. The molecule has 18 heavy (non-hydrogen) atoms. The van der Waals surface area contributed by atoms with Crippen LogP contribution in [0.4, 0.5) is 4.79 Å². The zero-order chi connectivity index (χ0) is 13.5. The van der Waals surface area contributed by atoms with E-state index in [1.54, 1.807) is 9.80 Å². The van der Waals surface area contributed by atoms with Gasteiger partial charge in [0.05, 0.1) is 12.1 Å². The Labute approximate surface area is 107 Å². The van der Waals surface area contributed by atoms with Gasteiger partial charge in [0.15, 0.2) is 0 Å². The summed E-state index contributed by atoms with van der Waals surface area (Å²) < 4.78 is 0. The molecule has 0 aromatic rings. The van der Waals surface area contributed by atoms with Gasteiger partial charge < -0.3 is 20.9 Å². The van der Waals surface area contributed by atoms with Crippen LogP contribution in [0.5, 0.6) is 0 Å². The number of nitrogens with two attached hydrogens (primary N) is 1. The van der Waals surface area contributed by atoms with Crippen molar-refractivity contribution in [3.05, 3.63) is 0 Å². The lowest BCUT2D eigenvalue weighted by atomic mass is 9.86. The molecule has 0 aromatic carbocycles. The molecular formula is C12H22N4O2. The maximum Gasteiger partial charge on any atom is 0.317 e.